The van der Waals surface area contributed by atoms with Crippen LogP contribution in [0.15, 0.2) is 0 Å². The SMILES string of the molecule is CC(O)CCCCC(O)C(N)N. The molecule has 6 N–H and O–H groups in total. The molecule has 0 saturated carbocycles. The van der Waals surface area contributed by atoms with Gasteiger partial charge in [-0.05, 0) is 19.8 Å². The van der Waals surface area contributed by atoms with E-state index in [1.807, 2.05) is 0 Å². The third kappa shape index (κ3) is 6.54. The average Bonchev–Trinajstić information content (AvgIpc) is 1.97. The number of rotatable bonds is 6. The highest BCUT2D eigenvalue weighted by atomic mass is 16.3. The van der Waals surface area contributed by atoms with E-state index in [-0.39, 0.29) is 6.10 Å². The molecule has 0 radical (unpaired) electrons. The second-order valence-corrected chi connectivity index (χ2v) is 3.28. The van der Waals surface area contributed by atoms with Crippen LogP contribution in [0.5, 0.6) is 0 Å². The van der Waals surface area contributed by atoms with Crippen molar-refractivity contribution in [1.82, 2.24) is 0 Å². The summed E-state index contributed by atoms with van der Waals surface area (Å²) in [5.74, 6) is 0. The second kappa shape index (κ2) is 6.37. The van der Waals surface area contributed by atoms with Crippen molar-refractivity contribution >= 4 is 0 Å². The molecule has 74 valence electrons. The molecule has 12 heavy (non-hydrogen) atoms. The van der Waals surface area contributed by atoms with Crippen LogP contribution < -0.4 is 11.5 Å². The van der Waals surface area contributed by atoms with Crippen LogP contribution in [-0.2, 0) is 0 Å². The smallest absolute Gasteiger partial charge is 0.0820 e. The number of aliphatic hydroxyl groups excluding tert-OH is 2. The van der Waals surface area contributed by atoms with Crippen LogP contribution in [0.2, 0.25) is 0 Å². The van der Waals surface area contributed by atoms with Gasteiger partial charge in [-0.2, -0.15) is 0 Å². The fourth-order valence-corrected chi connectivity index (χ4v) is 0.986. The molecule has 0 aromatic carbocycles. The second-order valence-electron chi connectivity index (χ2n) is 3.28. The minimum atomic E-state index is -0.642. The van der Waals surface area contributed by atoms with Crippen LogP contribution in [0.4, 0.5) is 0 Å². The molecule has 0 spiro atoms. The third-order valence-electron chi connectivity index (χ3n) is 1.82. The van der Waals surface area contributed by atoms with E-state index in [2.05, 4.69) is 0 Å². The Labute approximate surface area is 73.6 Å². The van der Waals surface area contributed by atoms with Gasteiger partial charge in [-0.3, -0.25) is 0 Å². The summed E-state index contributed by atoms with van der Waals surface area (Å²) in [5.41, 5.74) is 10.5. The highest BCUT2D eigenvalue weighted by Gasteiger charge is 2.08. The molecule has 0 aromatic heterocycles. The summed E-state index contributed by atoms with van der Waals surface area (Å²) in [6.07, 6.45) is 1.64. The lowest BCUT2D eigenvalue weighted by molar-refractivity contribution is 0.129. The Hall–Kier alpha value is -0.160. The van der Waals surface area contributed by atoms with Gasteiger partial charge >= 0.3 is 0 Å². The Morgan fingerprint density at radius 2 is 1.58 bits per heavy atom. The van der Waals surface area contributed by atoms with E-state index in [9.17, 15) is 5.11 Å². The Morgan fingerprint density at radius 1 is 1.08 bits per heavy atom. The zero-order chi connectivity index (χ0) is 9.56. The first-order valence-corrected chi connectivity index (χ1v) is 4.41. The zero-order valence-electron chi connectivity index (χ0n) is 7.61. The van der Waals surface area contributed by atoms with Gasteiger partial charge in [0.15, 0.2) is 0 Å². The summed E-state index contributed by atoms with van der Waals surface area (Å²) in [4.78, 5) is 0. The van der Waals surface area contributed by atoms with E-state index >= 15 is 0 Å². The van der Waals surface area contributed by atoms with E-state index in [0.29, 0.717) is 6.42 Å². The molecule has 0 aliphatic heterocycles. The average molecular weight is 176 g/mol. The van der Waals surface area contributed by atoms with Gasteiger partial charge in [0, 0.05) is 0 Å². The standard InChI is InChI=1S/C8H20N2O2/c1-6(11)4-2-3-5-7(12)8(9)10/h6-8,11-12H,2-5,9-10H2,1H3. The highest BCUT2D eigenvalue weighted by molar-refractivity contribution is 4.64. The van der Waals surface area contributed by atoms with Gasteiger partial charge in [-0.25, -0.2) is 0 Å². The molecule has 4 heteroatoms. The summed E-state index contributed by atoms with van der Waals surface area (Å²) < 4.78 is 0. The van der Waals surface area contributed by atoms with Crippen LogP contribution in [-0.4, -0.2) is 28.6 Å². The molecule has 0 fully saturated rings. The summed E-state index contributed by atoms with van der Waals surface area (Å²) >= 11 is 0. The number of unbranched alkanes of at least 4 members (excludes halogenated alkanes) is 1. The van der Waals surface area contributed by atoms with Crippen molar-refractivity contribution < 1.29 is 10.2 Å². The van der Waals surface area contributed by atoms with Crippen LogP contribution >= 0.6 is 0 Å². The summed E-state index contributed by atoms with van der Waals surface area (Å²) in [5, 5.41) is 18.1. The van der Waals surface area contributed by atoms with Crippen molar-refractivity contribution in [3.8, 4) is 0 Å². The predicted molar refractivity (Wildman–Crippen MR) is 48.3 cm³/mol. The van der Waals surface area contributed by atoms with Crippen LogP contribution in [0.1, 0.15) is 32.6 Å². The molecule has 0 aliphatic carbocycles. The fourth-order valence-electron chi connectivity index (χ4n) is 0.986. The van der Waals surface area contributed by atoms with Crippen molar-refractivity contribution in [2.75, 3.05) is 0 Å². The Bertz CT molecular complexity index is 107. The zero-order valence-corrected chi connectivity index (χ0v) is 7.61. The minimum Gasteiger partial charge on any atom is -0.393 e. The number of hydrogen-bond donors (Lipinski definition) is 4. The largest absolute Gasteiger partial charge is 0.393 e. The van der Waals surface area contributed by atoms with Crippen LogP contribution in [0.25, 0.3) is 0 Å². The Kier molecular flexibility index (Phi) is 6.28. The van der Waals surface area contributed by atoms with E-state index in [1.54, 1.807) is 6.92 Å². The Balaban J connectivity index is 3.20. The van der Waals surface area contributed by atoms with Crippen LogP contribution in [0, 0.1) is 0 Å². The molecule has 0 aromatic rings. The molecule has 0 saturated heterocycles. The molecule has 0 aliphatic rings. The molecule has 0 amide bonds. The van der Waals surface area contributed by atoms with Gasteiger partial charge in [0.1, 0.15) is 0 Å². The normalized spacial score (nSPS) is 16.5. The maximum atomic E-state index is 9.18. The molecule has 0 bridgehead atoms. The molecule has 0 rings (SSSR count). The van der Waals surface area contributed by atoms with E-state index in [4.69, 9.17) is 16.6 Å². The van der Waals surface area contributed by atoms with Crippen LogP contribution in [0.3, 0.4) is 0 Å². The topological polar surface area (TPSA) is 92.5 Å². The quantitative estimate of drug-likeness (QED) is 0.325. The molecular weight excluding hydrogens is 156 g/mol. The first-order valence-electron chi connectivity index (χ1n) is 4.41. The van der Waals surface area contributed by atoms with E-state index in [0.717, 1.165) is 19.3 Å². The predicted octanol–water partition coefficient (Wildman–Crippen LogP) is -0.468. The summed E-state index contributed by atoms with van der Waals surface area (Å²) in [7, 11) is 0. The monoisotopic (exact) mass is 176 g/mol. The molecular formula is C8H20N2O2. The maximum Gasteiger partial charge on any atom is 0.0820 e. The lowest BCUT2D eigenvalue weighted by Crippen LogP contribution is -2.42. The van der Waals surface area contributed by atoms with Gasteiger partial charge < -0.3 is 21.7 Å². The van der Waals surface area contributed by atoms with Crippen molar-refractivity contribution in [3.05, 3.63) is 0 Å². The highest BCUT2D eigenvalue weighted by Crippen LogP contribution is 2.06. The van der Waals surface area contributed by atoms with Crippen molar-refractivity contribution in [2.24, 2.45) is 11.5 Å². The maximum absolute atomic E-state index is 9.18. The third-order valence-corrected chi connectivity index (χ3v) is 1.82. The van der Waals surface area contributed by atoms with Crippen molar-refractivity contribution in [2.45, 2.75) is 51.0 Å². The van der Waals surface area contributed by atoms with Crippen molar-refractivity contribution in [3.63, 3.8) is 0 Å². The van der Waals surface area contributed by atoms with Gasteiger partial charge in [0.25, 0.3) is 0 Å². The van der Waals surface area contributed by atoms with Gasteiger partial charge in [0.05, 0.1) is 18.4 Å². The molecule has 2 atom stereocenters. The first-order chi connectivity index (χ1) is 5.54. The number of nitrogens with two attached hydrogens (primary N) is 2. The molecule has 0 heterocycles. The number of aliphatic hydroxyl groups is 2. The van der Waals surface area contributed by atoms with Crippen molar-refractivity contribution in [1.29, 1.82) is 0 Å². The first kappa shape index (κ1) is 11.8. The number of hydrogen-bond acceptors (Lipinski definition) is 4. The van der Waals surface area contributed by atoms with E-state index < -0.39 is 12.3 Å². The van der Waals surface area contributed by atoms with Gasteiger partial charge in [0.2, 0.25) is 0 Å². The fraction of sp³-hybridized carbons (Fsp3) is 1.00. The van der Waals surface area contributed by atoms with E-state index in [1.165, 1.54) is 0 Å². The summed E-state index contributed by atoms with van der Waals surface area (Å²) in [6, 6.07) is 0. The Morgan fingerprint density at radius 3 is 2.00 bits per heavy atom. The minimum absolute atomic E-state index is 0.256. The molecule has 2 unspecified atom stereocenters. The molecule has 4 nitrogen and oxygen atoms in total. The lowest BCUT2D eigenvalue weighted by Gasteiger charge is -2.13. The lowest BCUT2D eigenvalue weighted by atomic mass is 10.1. The van der Waals surface area contributed by atoms with Gasteiger partial charge in [-0.15, -0.1) is 0 Å². The van der Waals surface area contributed by atoms with Gasteiger partial charge in [-0.1, -0.05) is 12.8 Å². The summed E-state index contributed by atoms with van der Waals surface area (Å²) in [6.45, 7) is 1.76.